The number of hydrogen-bond donors (Lipinski definition) is 1. The zero-order valence-electron chi connectivity index (χ0n) is 11.9. The Labute approximate surface area is 123 Å². The van der Waals surface area contributed by atoms with Crippen LogP contribution in [0.5, 0.6) is 0 Å². The highest BCUT2D eigenvalue weighted by molar-refractivity contribution is 5.79. The van der Waals surface area contributed by atoms with E-state index >= 15 is 0 Å². The maximum absolute atomic E-state index is 10.7. The van der Waals surface area contributed by atoms with Crippen LogP contribution in [0.15, 0.2) is 42.9 Å². The van der Waals surface area contributed by atoms with Gasteiger partial charge in [0.05, 0.1) is 23.7 Å². The lowest BCUT2D eigenvalue weighted by Crippen LogP contribution is -2.07. The summed E-state index contributed by atoms with van der Waals surface area (Å²) in [5.74, 6) is 0. The van der Waals surface area contributed by atoms with Gasteiger partial charge < -0.3 is 9.67 Å². The van der Waals surface area contributed by atoms with Crippen LogP contribution >= 0.6 is 0 Å². The van der Waals surface area contributed by atoms with Crippen molar-refractivity contribution in [2.24, 2.45) is 0 Å². The average Bonchev–Trinajstić information content (AvgIpc) is 3.23. The van der Waals surface area contributed by atoms with Gasteiger partial charge in [-0.1, -0.05) is 12.1 Å². The Balaban J connectivity index is 1.74. The molecule has 0 saturated heterocycles. The van der Waals surface area contributed by atoms with Gasteiger partial charge in [-0.15, -0.1) is 0 Å². The first-order chi connectivity index (χ1) is 10.2. The second kappa shape index (κ2) is 4.67. The van der Waals surface area contributed by atoms with E-state index in [-0.39, 0.29) is 0 Å². The summed E-state index contributed by atoms with van der Waals surface area (Å²) in [6.07, 6.45) is 5.30. The summed E-state index contributed by atoms with van der Waals surface area (Å²) in [4.78, 5) is 8.69. The molecule has 2 heterocycles. The highest BCUT2D eigenvalue weighted by Crippen LogP contribution is 2.38. The third-order valence-corrected chi connectivity index (χ3v) is 4.08. The molecule has 0 spiro atoms. The fourth-order valence-electron chi connectivity index (χ4n) is 2.77. The van der Waals surface area contributed by atoms with Crippen molar-refractivity contribution in [3.05, 3.63) is 59.8 Å². The second-order valence-electron chi connectivity index (χ2n) is 5.76. The molecule has 1 aliphatic rings. The summed E-state index contributed by atoms with van der Waals surface area (Å²) >= 11 is 0. The molecule has 0 aliphatic heterocycles. The number of benzene rings is 1. The van der Waals surface area contributed by atoms with Gasteiger partial charge in [-0.2, -0.15) is 0 Å². The van der Waals surface area contributed by atoms with E-state index in [0.29, 0.717) is 6.04 Å². The zero-order chi connectivity index (χ0) is 14.4. The van der Waals surface area contributed by atoms with Gasteiger partial charge in [-0.25, -0.2) is 4.98 Å². The predicted molar refractivity (Wildman–Crippen MR) is 81.0 cm³/mol. The molecule has 106 valence electrons. The SMILES string of the molecule is Cc1ccc2cc(C(O)c3cncn3C3CC3)ccc2n1. The Morgan fingerprint density at radius 3 is 2.90 bits per heavy atom. The number of aromatic nitrogens is 3. The van der Waals surface area contributed by atoms with Gasteiger partial charge in [-0.05, 0) is 43.5 Å². The molecule has 1 saturated carbocycles. The first-order valence-corrected chi connectivity index (χ1v) is 7.29. The Bertz CT molecular complexity index is 805. The van der Waals surface area contributed by atoms with E-state index in [2.05, 4.69) is 14.5 Å². The molecular weight excluding hydrogens is 262 g/mol. The molecule has 4 heteroatoms. The number of pyridine rings is 1. The van der Waals surface area contributed by atoms with Crippen molar-refractivity contribution in [2.75, 3.05) is 0 Å². The average molecular weight is 279 g/mol. The number of nitrogens with zero attached hydrogens (tertiary/aromatic N) is 3. The van der Waals surface area contributed by atoms with Crippen LogP contribution in [-0.4, -0.2) is 19.6 Å². The van der Waals surface area contributed by atoms with Gasteiger partial charge in [0, 0.05) is 17.1 Å². The number of aryl methyl sites for hydroxylation is 1. The fraction of sp³-hybridized carbons (Fsp3) is 0.294. The molecule has 1 fully saturated rings. The van der Waals surface area contributed by atoms with E-state index in [1.54, 1.807) is 6.20 Å². The van der Waals surface area contributed by atoms with E-state index in [1.807, 2.05) is 43.6 Å². The standard InChI is InChI=1S/C17H17N3O/c1-11-2-3-12-8-13(4-7-15(12)19-11)17(21)16-9-18-10-20(16)14-5-6-14/h2-4,7-10,14,17,21H,5-6H2,1H3. The molecule has 1 unspecified atom stereocenters. The molecule has 4 rings (SSSR count). The molecule has 0 bridgehead atoms. The van der Waals surface area contributed by atoms with Crippen LogP contribution in [0.4, 0.5) is 0 Å². The van der Waals surface area contributed by atoms with E-state index in [4.69, 9.17) is 0 Å². The molecular formula is C17H17N3O. The lowest BCUT2D eigenvalue weighted by molar-refractivity contribution is 0.210. The van der Waals surface area contributed by atoms with Crippen LogP contribution in [0, 0.1) is 6.92 Å². The largest absolute Gasteiger partial charge is 0.382 e. The van der Waals surface area contributed by atoms with Crippen molar-refractivity contribution in [1.29, 1.82) is 0 Å². The number of fused-ring (bicyclic) bond motifs is 1. The lowest BCUT2D eigenvalue weighted by atomic mass is 10.0. The van der Waals surface area contributed by atoms with Gasteiger partial charge in [-0.3, -0.25) is 4.98 Å². The molecule has 0 amide bonds. The maximum atomic E-state index is 10.7. The Hall–Kier alpha value is -2.20. The topological polar surface area (TPSA) is 50.9 Å². The fourth-order valence-corrected chi connectivity index (χ4v) is 2.77. The maximum Gasteiger partial charge on any atom is 0.121 e. The molecule has 2 aromatic heterocycles. The highest BCUT2D eigenvalue weighted by atomic mass is 16.3. The first kappa shape index (κ1) is 12.5. The number of aliphatic hydroxyl groups excluding tert-OH is 1. The number of rotatable bonds is 3. The van der Waals surface area contributed by atoms with Crippen LogP contribution in [0.2, 0.25) is 0 Å². The van der Waals surface area contributed by atoms with Crippen LogP contribution in [-0.2, 0) is 0 Å². The summed E-state index contributed by atoms with van der Waals surface area (Å²) in [5, 5.41) is 11.7. The molecule has 4 nitrogen and oxygen atoms in total. The van der Waals surface area contributed by atoms with E-state index in [1.165, 1.54) is 12.8 Å². The quantitative estimate of drug-likeness (QED) is 0.801. The summed E-state index contributed by atoms with van der Waals surface area (Å²) in [6, 6.07) is 10.5. The molecule has 1 aromatic carbocycles. The summed E-state index contributed by atoms with van der Waals surface area (Å²) in [5.41, 5.74) is 3.72. The molecule has 1 atom stereocenters. The molecule has 21 heavy (non-hydrogen) atoms. The first-order valence-electron chi connectivity index (χ1n) is 7.29. The monoisotopic (exact) mass is 279 g/mol. The third kappa shape index (κ3) is 2.21. The zero-order valence-corrected chi connectivity index (χ0v) is 11.9. The van der Waals surface area contributed by atoms with Crippen LogP contribution in [0.3, 0.4) is 0 Å². The third-order valence-electron chi connectivity index (χ3n) is 4.08. The molecule has 3 aromatic rings. The minimum absolute atomic E-state index is 0.516. The van der Waals surface area contributed by atoms with Crippen molar-refractivity contribution < 1.29 is 5.11 Å². The van der Waals surface area contributed by atoms with Gasteiger partial charge in [0.15, 0.2) is 0 Å². The molecule has 1 aliphatic carbocycles. The summed E-state index contributed by atoms with van der Waals surface area (Å²) in [7, 11) is 0. The number of aliphatic hydroxyl groups is 1. The van der Waals surface area contributed by atoms with E-state index in [0.717, 1.165) is 27.9 Å². The van der Waals surface area contributed by atoms with Crippen LogP contribution in [0.1, 0.15) is 41.9 Å². The Morgan fingerprint density at radius 1 is 1.24 bits per heavy atom. The lowest BCUT2D eigenvalue weighted by Gasteiger charge is -2.14. The minimum Gasteiger partial charge on any atom is -0.382 e. The minimum atomic E-state index is -0.640. The van der Waals surface area contributed by atoms with Gasteiger partial charge >= 0.3 is 0 Å². The second-order valence-corrected chi connectivity index (χ2v) is 5.76. The van der Waals surface area contributed by atoms with Gasteiger partial charge in [0.25, 0.3) is 0 Å². The number of hydrogen-bond acceptors (Lipinski definition) is 3. The molecule has 1 N–H and O–H groups in total. The van der Waals surface area contributed by atoms with Gasteiger partial charge in [0.2, 0.25) is 0 Å². The summed E-state index contributed by atoms with van der Waals surface area (Å²) in [6.45, 7) is 1.98. The van der Waals surface area contributed by atoms with Gasteiger partial charge in [0.1, 0.15) is 6.10 Å². The van der Waals surface area contributed by atoms with Crippen molar-refractivity contribution in [3.63, 3.8) is 0 Å². The van der Waals surface area contributed by atoms with Crippen LogP contribution < -0.4 is 0 Å². The number of imidazole rings is 1. The van der Waals surface area contributed by atoms with Crippen molar-refractivity contribution in [3.8, 4) is 0 Å². The van der Waals surface area contributed by atoms with Crippen LogP contribution in [0.25, 0.3) is 10.9 Å². The summed E-state index contributed by atoms with van der Waals surface area (Å²) < 4.78 is 2.10. The Kier molecular flexibility index (Phi) is 2.79. The van der Waals surface area contributed by atoms with Crippen molar-refractivity contribution in [1.82, 2.24) is 14.5 Å². The van der Waals surface area contributed by atoms with E-state index < -0.39 is 6.10 Å². The Morgan fingerprint density at radius 2 is 2.10 bits per heavy atom. The smallest absolute Gasteiger partial charge is 0.121 e. The predicted octanol–water partition coefficient (Wildman–Crippen LogP) is 3.16. The van der Waals surface area contributed by atoms with E-state index in [9.17, 15) is 5.11 Å². The van der Waals surface area contributed by atoms with Crippen molar-refractivity contribution >= 4 is 10.9 Å². The highest BCUT2D eigenvalue weighted by Gasteiger charge is 2.27. The van der Waals surface area contributed by atoms with Crippen molar-refractivity contribution in [2.45, 2.75) is 31.9 Å². The normalized spacial score (nSPS) is 16.3. The molecule has 0 radical (unpaired) electrons.